The molecule has 15 heavy (non-hydrogen) atoms. The van der Waals surface area contributed by atoms with Crippen LogP contribution in [0.5, 0.6) is 0 Å². The molecule has 74 valence electrons. The Balaban J connectivity index is 4.05. The molecule has 0 saturated carbocycles. The SMILES string of the molecule is CC#CC#CC#CC#CC=CC(O)CO. The summed E-state index contributed by atoms with van der Waals surface area (Å²) in [4.78, 5) is 0. The minimum atomic E-state index is -0.869. The highest BCUT2D eigenvalue weighted by Crippen LogP contribution is 1.81. The van der Waals surface area contributed by atoms with Gasteiger partial charge in [0, 0.05) is 0 Å². The molecule has 0 amide bonds. The molecule has 2 heteroatoms. The van der Waals surface area contributed by atoms with Crippen LogP contribution in [0.15, 0.2) is 12.2 Å². The first-order valence-electron chi connectivity index (χ1n) is 4.19. The van der Waals surface area contributed by atoms with E-state index in [1.165, 1.54) is 12.2 Å². The van der Waals surface area contributed by atoms with E-state index in [1.807, 2.05) is 0 Å². The van der Waals surface area contributed by atoms with E-state index in [4.69, 9.17) is 10.2 Å². The zero-order valence-electron chi connectivity index (χ0n) is 8.33. The molecule has 2 N–H and O–H groups in total. The van der Waals surface area contributed by atoms with Crippen LogP contribution < -0.4 is 0 Å². The molecule has 2 nitrogen and oxygen atoms in total. The topological polar surface area (TPSA) is 40.5 Å². The third-order valence-corrected chi connectivity index (χ3v) is 1.10. The first-order valence-corrected chi connectivity index (χ1v) is 4.19. The van der Waals surface area contributed by atoms with Gasteiger partial charge in [-0.05, 0) is 54.6 Å². The zero-order valence-corrected chi connectivity index (χ0v) is 8.33. The molecular formula is C13H10O2. The van der Waals surface area contributed by atoms with Gasteiger partial charge in [0.15, 0.2) is 0 Å². The molecule has 0 aromatic carbocycles. The van der Waals surface area contributed by atoms with E-state index >= 15 is 0 Å². The summed E-state index contributed by atoms with van der Waals surface area (Å²) >= 11 is 0. The highest BCUT2D eigenvalue weighted by molar-refractivity contribution is 5.40. The molecule has 0 aliphatic carbocycles. The van der Waals surface area contributed by atoms with Crippen LogP contribution in [0.1, 0.15) is 6.92 Å². The van der Waals surface area contributed by atoms with Gasteiger partial charge in [-0.15, -0.1) is 0 Å². The fourth-order valence-electron chi connectivity index (χ4n) is 0.485. The summed E-state index contributed by atoms with van der Waals surface area (Å²) in [7, 11) is 0. The summed E-state index contributed by atoms with van der Waals surface area (Å²) in [6.07, 6.45) is 1.93. The molecule has 0 aliphatic rings. The lowest BCUT2D eigenvalue weighted by atomic mass is 10.3. The van der Waals surface area contributed by atoms with Crippen molar-refractivity contribution in [2.75, 3.05) is 6.61 Å². The minimum Gasteiger partial charge on any atom is -0.393 e. The largest absolute Gasteiger partial charge is 0.393 e. The maximum Gasteiger partial charge on any atom is 0.0960 e. The standard InChI is InChI=1S/C13H10O2/c1-2-3-4-5-6-7-8-9-10-11-13(15)12-14/h10-11,13-15H,12H2,1H3. The van der Waals surface area contributed by atoms with E-state index in [2.05, 4.69) is 47.4 Å². The average Bonchev–Trinajstić information content (AvgIpc) is 2.26. The smallest absolute Gasteiger partial charge is 0.0960 e. The molecule has 1 unspecified atom stereocenters. The lowest BCUT2D eigenvalue weighted by molar-refractivity contribution is 0.131. The second-order valence-corrected chi connectivity index (χ2v) is 2.25. The molecular weight excluding hydrogens is 188 g/mol. The molecule has 0 radical (unpaired) electrons. The summed E-state index contributed by atoms with van der Waals surface area (Å²) in [5.74, 6) is 20.2. The second kappa shape index (κ2) is 9.98. The van der Waals surface area contributed by atoms with Gasteiger partial charge in [0.05, 0.1) is 12.7 Å². The van der Waals surface area contributed by atoms with Crippen molar-refractivity contribution >= 4 is 0 Å². The molecule has 0 bridgehead atoms. The van der Waals surface area contributed by atoms with Crippen LogP contribution in [0, 0.1) is 47.4 Å². The Morgan fingerprint density at radius 3 is 2.27 bits per heavy atom. The van der Waals surface area contributed by atoms with Crippen LogP contribution >= 0.6 is 0 Å². The highest BCUT2D eigenvalue weighted by atomic mass is 16.3. The van der Waals surface area contributed by atoms with Crippen LogP contribution in [0.25, 0.3) is 0 Å². The first kappa shape index (κ1) is 12.9. The Morgan fingerprint density at radius 1 is 1.07 bits per heavy atom. The van der Waals surface area contributed by atoms with Crippen LogP contribution in [0.2, 0.25) is 0 Å². The average molecular weight is 198 g/mol. The van der Waals surface area contributed by atoms with Crippen molar-refractivity contribution < 1.29 is 10.2 Å². The van der Waals surface area contributed by atoms with E-state index in [0.717, 1.165) is 0 Å². The molecule has 0 heterocycles. The van der Waals surface area contributed by atoms with E-state index in [0.29, 0.717) is 0 Å². The van der Waals surface area contributed by atoms with Crippen molar-refractivity contribution in [2.45, 2.75) is 13.0 Å². The second-order valence-electron chi connectivity index (χ2n) is 2.25. The number of aliphatic hydroxyl groups is 2. The Hall–Kier alpha value is -2.10. The molecule has 0 spiro atoms. The Kier molecular flexibility index (Phi) is 8.59. The van der Waals surface area contributed by atoms with Gasteiger partial charge in [-0.1, -0.05) is 11.8 Å². The highest BCUT2D eigenvalue weighted by Gasteiger charge is 1.90. The molecule has 0 rings (SSSR count). The van der Waals surface area contributed by atoms with Gasteiger partial charge in [-0.2, -0.15) is 0 Å². The Morgan fingerprint density at radius 2 is 1.67 bits per heavy atom. The van der Waals surface area contributed by atoms with Crippen molar-refractivity contribution in [2.24, 2.45) is 0 Å². The third kappa shape index (κ3) is 9.82. The lowest BCUT2D eigenvalue weighted by Crippen LogP contribution is -2.06. The van der Waals surface area contributed by atoms with Crippen molar-refractivity contribution in [3.63, 3.8) is 0 Å². The Bertz CT molecular complexity index is 442. The minimum absolute atomic E-state index is 0.314. The summed E-state index contributed by atoms with van der Waals surface area (Å²) in [6, 6.07) is 0. The fraction of sp³-hybridized carbons (Fsp3) is 0.231. The van der Waals surface area contributed by atoms with Gasteiger partial charge in [0.2, 0.25) is 0 Å². The number of hydrogen-bond donors (Lipinski definition) is 2. The fourth-order valence-corrected chi connectivity index (χ4v) is 0.485. The molecule has 1 atom stereocenters. The normalized spacial score (nSPS) is 9.27. The van der Waals surface area contributed by atoms with Crippen LogP contribution in [0.4, 0.5) is 0 Å². The van der Waals surface area contributed by atoms with E-state index < -0.39 is 6.10 Å². The summed E-state index contributed by atoms with van der Waals surface area (Å²) in [5.41, 5.74) is 0. The van der Waals surface area contributed by atoms with Gasteiger partial charge in [0.25, 0.3) is 0 Å². The Labute approximate surface area is 90.0 Å². The molecule has 0 fully saturated rings. The quantitative estimate of drug-likeness (QED) is 0.610. The van der Waals surface area contributed by atoms with Crippen molar-refractivity contribution in [3.05, 3.63) is 12.2 Å². The number of aliphatic hydroxyl groups excluding tert-OH is 2. The number of hydrogen-bond acceptors (Lipinski definition) is 2. The van der Waals surface area contributed by atoms with Gasteiger partial charge in [-0.25, -0.2) is 0 Å². The van der Waals surface area contributed by atoms with E-state index in [9.17, 15) is 0 Å². The molecule has 0 aromatic rings. The first-order chi connectivity index (χ1) is 7.31. The van der Waals surface area contributed by atoms with Crippen LogP contribution in [-0.4, -0.2) is 22.9 Å². The molecule has 0 aromatic heterocycles. The molecule has 0 aliphatic heterocycles. The lowest BCUT2D eigenvalue weighted by Gasteiger charge is -1.94. The van der Waals surface area contributed by atoms with Crippen molar-refractivity contribution in [1.82, 2.24) is 0 Å². The van der Waals surface area contributed by atoms with Gasteiger partial charge in [0.1, 0.15) is 0 Å². The van der Waals surface area contributed by atoms with Gasteiger partial charge < -0.3 is 10.2 Å². The predicted octanol–water partition coefficient (Wildman–Crippen LogP) is -0.0707. The van der Waals surface area contributed by atoms with Crippen molar-refractivity contribution in [3.8, 4) is 47.4 Å². The van der Waals surface area contributed by atoms with E-state index in [1.54, 1.807) is 6.92 Å². The number of rotatable bonds is 2. The van der Waals surface area contributed by atoms with Gasteiger partial charge in [-0.3, -0.25) is 0 Å². The molecule has 0 saturated heterocycles. The summed E-state index contributed by atoms with van der Waals surface area (Å²) in [6.45, 7) is 1.38. The monoisotopic (exact) mass is 198 g/mol. The van der Waals surface area contributed by atoms with Gasteiger partial charge >= 0.3 is 0 Å². The summed E-state index contributed by atoms with van der Waals surface area (Å²) in [5, 5.41) is 17.3. The maximum absolute atomic E-state index is 8.88. The maximum atomic E-state index is 8.88. The summed E-state index contributed by atoms with van der Waals surface area (Å²) < 4.78 is 0. The van der Waals surface area contributed by atoms with Crippen LogP contribution in [-0.2, 0) is 0 Å². The van der Waals surface area contributed by atoms with E-state index in [-0.39, 0.29) is 6.61 Å². The third-order valence-electron chi connectivity index (χ3n) is 1.10. The van der Waals surface area contributed by atoms with Crippen molar-refractivity contribution in [1.29, 1.82) is 0 Å². The number of allylic oxidation sites excluding steroid dienone is 1. The zero-order chi connectivity index (χ0) is 11.4. The predicted molar refractivity (Wildman–Crippen MR) is 59.0 cm³/mol. The van der Waals surface area contributed by atoms with Crippen LogP contribution in [0.3, 0.4) is 0 Å².